The van der Waals surface area contributed by atoms with Crippen LogP contribution in [0.4, 0.5) is 14.5 Å². The van der Waals surface area contributed by atoms with E-state index in [1.54, 1.807) is 18.2 Å². The van der Waals surface area contributed by atoms with Crippen LogP contribution in [0.25, 0.3) is 0 Å². The average Bonchev–Trinajstić information content (AvgIpc) is 2.44. The molecule has 0 saturated carbocycles. The van der Waals surface area contributed by atoms with Crippen LogP contribution < -0.4 is 15.2 Å². The fourth-order valence-electron chi connectivity index (χ4n) is 1.64. The van der Waals surface area contributed by atoms with Crippen molar-refractivity contribution in [1.29, 1.82) is 0 Å². The van der Waals surface area contributed by atoms with E-state index in [4.69, 9.17) is 15.2 Å². The van der Waals surface area contributed by atoms with Gasteiger partial charge in [0, 0.05) is 6.07 Å². The average molecular weight is 344 g/mol. The quantitative estimate of drug-likeness (QED) is 0.676. The van der Waals surface area contributed by atoms with Crippen molar-refractivity contribution < 1.29 is 18.3 Å². The van der Waals surface area contributed by atoms with Gasteiger partial charge in [0.05, 0.1) is 22.8 Å². The van der Waals surface area contributed by atoms with Crippen LogP contribution in [0.1, 0.15) is 5.56 Å². The molecule has 20 heavy (non-hydrogen) atoms. The molecule has 0 aliphatic carbocycles. The topological polar surface area (TPSA) is 44.5 Å². The van der Waals surface area contributed by atoms with Crippen LogP contribution in [0.5, 0.6) is 11.5 Å². The summed E-state index contributed by atoms with van der Waals surface area (Å²) in [7, 11) is 1.52. The van der Waals surface area contributed by atoms with E-state index in [9.17, 15) is 8.78 Å². The van der Waals surface area contributed by atoms with Gasteiger partial charge in [-0.2, -0.15) is 0 Å². The second kappa shape index (κ2) is 6.09. The number of halogens is 3. The monoisotopic (exact) mass is 343 g/mol. The summed E-state index contributed by atoms with van der Waals surface area (Å²) in [6.45, 7) is -0.256. The smallest absolute Gasteiger partial charge is 0.146 e. The number of anilines is 1. The second-order valence-electron chi connectivity index (χ2n) is 4.01. The molecule has 106 valence electrons. The van der Waals surface area contributed by atoms with Crippen LogP contribution in [0.2, 0.25) is 0 Å². The third-order valence-electron chi connectivity index (χ3n) is 2.73. The summed E-state index contributed by atoms with van der Waals surface area (Å²) in [6, 6.07) is 7.28. The number of ether oxygens (including phenoxy) is 2. The van der Waals surface area contributed by atoms with Crippen LogP contribution >= 0.6 is 15.9 Å². The molecule has 0 saturated heterocycles. The molecule has 2 rings (SSSR count). The van der Waals surface area contributed by atoms with Crippen LogP contribution in [0, 0.1) is 11.6 Å². The van der Waals surface area contributed by atoms with Gasteiger partial charge in [-0.3, -0.25) is 0 Å². The van der Waals surface area contributed by atoms with E-state index < -0.39 is 11.6 Å². The summed E-state index contributed by atoms with van der Waals surface area (Å²) < 4.78 is 37.9. The third-order valence-corrected chi connectivity index (χ3v) is 3.34. The number of hydrogen-bond acceptors (Lipinski definition) is 3. The lowest BCUT2D eigenvalue weighted by molar-refractivity contribution is 0.293. The van der Waals surface area contributed by atoms with Gasteiger partial charge in [-0.05, 0) is 40.2 Å². The highest BCUT2D eigenvalue weighted by Gasteiger charge is 2.13. The lowest BCUT2D eigenvalue weighted by Gasteiger charge is -2.11. The van der Waals surface area contributed by atoms with Crippen molar-refractivity contribution in [3.63, 3.8) is 0 Å². The van der Waals surface area contributed by atoms with E-state index in [1.807, 2.05) is 0 Å². The standard InChI is InChI=1S/C14H12BrF2NO2/c1-19-8-2-5-13(12(18)6-8)20-7-9-11(16)4-3-10(15)14(9)17/h2-6H,7,18H2,1H3. The van der Waals surface area contributed by atoms with Crippen molar-refractivity contribution in [2.24, 2.45) is 0 Å². The Bertz CT molecular complexity index is 635. The highest BCUT2D eigenvalue weighted by molar-refractivity contribution is 9.10. The normalized spacial score (nSPS) is 10.4. The van der Waals surface area contributed by atoms with Crippen LogP contribution in [0.3, 0.4) is 0 Å². The zero-order valence-corrected chi connectivity index (χ0v) is 12.2. The lowest BCUT2D eigenvalue weighted by Crippen LogP contribution is -2.04. The summed E-state index contributed by atoms with van der Waals surface area (Å²) in [5, 5.41) is 0. The Balaban J connectivity index is 2.19. The van der Waals surface area contributed by atoms with Gasteiger partial charge in [0.1, 0.15) is 29.7 Å². The van der Waals surface area contributed by atoms with Crippen molar-refractivity contribution in [2.45, 2.75) is 6.61 Å². The molecular formula is C14H12BrF2NO2. The molecule has 2 aromatic rings. The van der Waals surface area contributed by atoms with E-state index in [2.05, 4.69) is 15.9 Å². The molecule has 2 aromatic carbocycles. The van der Waals surface area contributed by atoms with Gasteiger partial charge in [-0.1, -0.05) is 0 Å². The van der Waals surface area contributed by atoms with E-state index in [-0.39, 0.29) is 16.6 Å². The van der Waals surface area contributed by atoms with Crippen molar-refractivity contribution >= 4 is 21.6 Å². The number of hydrogen-bond donors (Lipinski definition) is 1. The van der Waals surface area contributed by atoms with Gasteiger partial charge >= 0.3 is 0 Å². The third kappa shape index (κ3) is 3.01. The van der Waals surface area contributed by atoms with Crippen molar-refractivity contribution in [3.05, 3.63) is 52.0 Å². The van der Waals surface area contributed by atoms with Gasteiger partial charge in [0.15, 0.2) is 0 Å². The molecular weight excluding hydrogens is 332 g/mol. The first-order valence-corrected chi connectivity index (χ1v) is 6.51. The van der Waals surface area contributed by atoms with E-state index in [0.717, 1.165) is 0 Å². The molecule has 2 N–H and O–H groups in total. The van der Waals surface area contributed by atoms with Crippen LogP contribution in [-0.4, -0.2) is 7.11 Å². The molecule has 0 atom stereocenters. The second-order valence-corrected chi connectivity index (χ2v) is 4.87. The molecule has 0 bridgehead atoms. The molecule has 6 heteroatoms. The van der Waals surface area contributed by atoms with E-state index in [1.165, 1.54) is 19.2 Å². The molecule has 0 aliphatic rings. The Morgan fingerprint density at radius 3 is 2.60 bits per heavy atom. The largest absolute Gasteiger partial charge is 0.497 e. The van der Waals surface area contributed by atoms with Gasteiger partial charge in [-0.15, -0.1) is 0 Å². The molecule has 3 nitrogen and oxygen atoms in total. The van der Waals surface area contributed by atoms with Gasteiger partial charge < -0.3 is 15.2 Å². The Morgan fingerprint density at radius 2 is 1.95 bits per heavy atom. The predicted octanol–water partition coefficient (Wildman–Crippen LogP) is 3.90. The maximum atomic E-state index is 13.8. The first-order valence-electron chi connectivity index (χ1n) is 5.71. The molecule has 0 aliphatic heterocycles. The van der Waals surface area contributed by atoms with Crippen molar-refractivity contribution in [2.75, 3.05) is 12.8 Å². The van der Waals surface area contributed by atoms with Gasteiger partial charge in [-0.25, -0.2) is 8.78 Å². The Labute approximate surface area is 123 Å². The molecule has 0 fully saturated rings. The molecule has 0 spiro atoms. The summed E-state index contributed by atoms with van der Waals surface area (Å²) in [4.78, 5) is 0. The molecule has 0 heterocycles. The summed E-state index contributed by atoms with van der Waals surface area (Å²) in [5.74, 6) is -0.436. The predicted molar refractivity (Wildman–Crippen MR) is 75.8 cm³/mol. The number of nitrogens with two attached hydrogens (primary N) is 1. The highest BCUT2D eigenvalue weighted by atomic mass is 79.9. The molecule has 0 amide bonds. The maximum Gasteiger partial charge on any atom is 0.146 e. The number of rotatable bonds is 4. The van der Waals surface area contributed by atoms with Gasteiger partial charge in [0.2, 0.25) is 0 Å². The molecule has 0 unspecified atom stereocenters. The minimum Gasteiger partial charge on any atom is -0.497 e. The first-order chi connectivity index (χ1) is 9.52. The summed E-state index contributed by atoms with van der Waals surface area (Å²) in [5.41, 5.74) is 5.94. The summed E-state index contributed by atoms with van der Waals surface area (Å²) >= 11 is 3.00. The first kappa shape index (κ1) is 14.6. The Hall–Kier alpha value is -1.82. The zero-order valence-electron chi connectivity index (χ0n) is 10.6. The Kier molecular flexibility index (Phi) is 4.44. The number of methoxy groups -OCH3 is 1. The number of benzene rings is 2. The van der Waals surface area contributed by atoms with Crippen molar-refractivity contribution in [3.8, 4) is 11.5 Å². The lowest BCUT2D eigenvalue weighted by atomic mass is 10.2. The number of nitrogen functional groups attached to an aromatic ring is 1. The molecule has 0 radical (unpaired) electrons. The van der Waals surface area contributed by atoms with Gasteiger partial charge in [0.25, 0.3) is 0 Å². The van der Waals surface area contributed by atoms with E-state index >= 15 is 0 Å². The van der Waals surface area contributed by atoms with Crippen molar-refractivity contribution in [1.82, 2.24) is 0 Å². The minimum atomic E-state index is -0.683. The fourth-order valence-corrected chi connectivity index (χ4v) is 2.01. The zero-order chi connectivity index (χ0) is 14.7. The van der Waals surface area contributed by atoms with E-state index in [0.29, 0.717) is 17.2 Å². The van der Waals surface area contributed by atoms with Crippen LogP contribution in [0.15, 0.2) is 34.8 Å². The SMILES string of the molecule is COc1ccc(OCc2c(F)ccc(Br)c2F)c(N)c1. The maximum absolute atomic E-state index is 13.8. The fraction of sp³-hybridized carbons (Fsp3) is 0.143. The van der Waals surface area contributed by atoms with Crippen LogP contribution in [-0.2, 0) is 6.61 Å². The highest BCUT2D eigenvalue weighted by Crippen LogP contribution is 2.28. The molecule has 0 aromatic heterocycles. The Morgan fingerprint density at radius 1 is 1.20 bits per heavy atom. The minimum absolute atomic E-state index is 0.158. The summed E-state index contributed by atoms with van der Waals surface area (Å²) in [6.07, 6.45) is 0.